The number of benzene rings is 2. The standard InChI is InChI=1S/C23H22N6O7/c1-32-13-6-7-14(16(10-13)34-3)21-24-18(36-26-21)11-28-20-19(25-27-28)22(30)29(23(20)31)12-5-8-15(33-2)17(9-12)35-4/h5-10,19-20H,11H2,1-4H3/t19-,20-/m1/s1. The molecule has 13 heteroatoms. The van der Waals surface area contributed by atoms with Crippen LogP contribution < -0.4 is 23.8 Å². The topological polar surface area (TPSA) is 141 Å². The van der Waals surface area contributed by atoms with Crippen LogP contribution in [0.25, 0.3) is 11.4 Å². The third-order valence-corrected chi connectivity index (χ3v) is 5.90. The number of nitrogens with zero attached hydrogens (tertiary/aromatic N) is 6. The summed E-state index contributed by atoms with van der Waals surface area (Å²) in [6, 6.07) is 8.07. The first-order valence-electron chi connectivity index (χ1n) is 10.8. The lowest BCUT2D eigenvalue weighted by Crippen LogP contribution is -2.39. The van der Waals surface area contributed by atoms with E-state index in [4.69, 9.17) is 23.5 Å². The second-order valence-corrected chi connectivity index (χ2v) is 7.82. The van der Waals surface area contributed by atoms with Gasteiger partial charge in [0.1, 0.15) is 18.0 Å². The number of ether oxygens (including phenoxy) is 4. The number of rotatable bonds is 8. The van der Waals surface area contributed by atoms with Crippen LogP contribution in [-0.2, 0) is 16.1 Å². The number of amides is 2. The van der Waals surface area contributed by atoms with E-state index in [9.17, 15) is 9.59 Å². The third kappa shape index (κ3) is 3.74. The number of carbonyl (C=O) groups excluding carboxylic acids is 2. The van der Waals surface area contributed by atoms with E-state index >= 15 is 0 Å². The van der Waals surface area contributed by atoms with Crippen molar-refractivity contribution < 1.29 is 33.1 Å². The van der Waals surface area contributed by atoms with Gasteiger partial charge in [-0.15, -0.1) is 0 Å². The maximum Gasteiger partial charge on any atom is 0.263 e. The van der Waals surface area contributed by atoms with Gasteiger partial charge in [-0.1, -0.05) is 10.4 Å². The number of hydrogen-bond acceptors (Lipinski definition) is 12. The predicted octanol–water partition coefficient (Wildman–Crippen LogP) is 2.26. The van der Waals surface area contributed by atoms with Crippen molar-refractivity contribution in [2.75, 3.05) is 33.3 Å². The van der Waals surface area contributed by atoms with Gasteiger partial charge in [0.25, 0.3) is 11.8 Å². The lowest BCUT2D eigenvalue weighted by atomic mass is 10.1. The normalized spacial score (nSPS) is 18.6. The van der Waals surface area contributed by atoms with Crippen LogP contribution in [0.2, 0.25) is 0 Å². The quantitative estimate of drug-likeness (QED) is 0.428. The zero-order valence-corrected chi connectivity index (χ0v) is 19.9. The summed E-state index contributed by atoms with van der Waals surface area (Å²) in [4.78, 5) is 31.8. The Kier molecular flexibility index (Phi) is 5.88. The molecule has 5 rings (SSSR count). The van der Waals surface area contributed by atoms with Gasteiger partial charge in [-0.2, -0.15) is 10.1 Å². The molecule has 36 heavy (non-hydrogen) atoms. The van der Waals surface area contributed by atoms with Crippen molar-refractivity contribution in [2.24, 2.45) is 10.3 Å². The van der Waals surface area contributed by atoms with Gasteiger partial charge in [-0.05, 0) is 24.3 Å². The Morgan fingerprint density at radius 3 is 2.39 bits per heavy atom. The highest BCUT2D eigenvalue weighted by atomic mass is 16.5. The molecule has 1 saturated heterocycles. The van der Waals surface area contributed by atoms with E-state index in [2.05, 4.69) is 20.5 Å². The fourth-order valence-electron chi connectivity index (χ4n) is 4.12. The zero-order chi connectivity index (χ0) is 25.4. The van der Waals surface area contributed by atoms with Crippen LogP contribution in [0.4, 0.5) is 5.69 Å². The van der Waals surface area contributed by atoms with Gasteiger partial charge >= 0.3 is 0 Å². The molecule has 0 saturated carbocycles. The number of carbonyl (C=O) groups is 2. The summed E-state index contributed by atoms with van der Waals surface area (Å²) >= 11 is 0. The average molecular weight is 494 g/mol. The van der Waals surface area contributed by atoms with Gasteiger partial charge in [0.05, 0.1) is 39.7 Å². The first-order chi connectivity index (χ1) is 17.5. The minimum Gasteiger partial charge on any atom is -0.497 e. The summed E-state index contributed by atoms with van der Waals surface area (Å²) in [6.07, 6.45) is 0. The highest BCUT2D eigenvalue weighted by molar-refractivity contribution is 6.25. The van der Waals surface area contributed by atoms with Gasteiger partial charge < -0.3 is 23.5 Å². The van der Waals surface area contributed by atoms with Crippen molar-refractivity contribution in [2.45, 2.75) is 18.6 Å². The molecular weight excluding hydrogens is 472 g/mol. The molecule has 2 aliphatic heterocycles. The first-order valence-corrected chi connectivity index (χ1v) is 10.8. The van der Waals surface area contributed by atoms with Gasteiger partial charge in [0, 0.05) is 12.1 Å². The van der Waals surface area contributed by atoms with Crippen molar-refractivity contribution in [3.63, 3.8) is 0 Å². The largest absolute Gasteiger partial charge is 0.497 e. The Morgan fingerprint density at radius 2 is 1.67 bits per heavy atom. The third-order valence-electron chi connectivity index (χ3n) is 5.90. The molecule has 0 spiro atoms. The fourth-order valence-corrected chi connectivity index (χ4v) is 4.12. The van der Waals surface area contributed by atoms with Crippen molar-refractivity contribution >= 4 is 17.5 Å². The molecule has 0 N–H and O–H groups in total. The first kappa shape index (κ1) is 23.1. The Morgan fingerprint density at radius 1 is 0.889 bits per heavy atom. The molecule has 1 aromatic heterocycles. The highest BCUT2D eigenvalue weighted by Gasteiger charge is 2.55. The number of hydrogen-bond donors (Lipinski definition) is 0. The summed E-state index contributed by atoms with van der Waals surface area (Å²) in [5.41, 5.74) is 0.944. The molecule has 2 aromatic carbocycles. The molecule has 13 nitrogen and oxygen atoms in total. The summed E-state index contributed by atoms with van der Waals surface area (Å²) < 4.78 is 26.5. The number of aromatic nitrogens is 2. The molecular formula is C23H22N6O7. The van der Waals surface area contributed by atoms with Crippen LogP contribution in [0.5, 0.6) is 23.0 Å². The van der Waals surface area contributed by atoms with Crippen LogP contribution in [0.1, 0.15) is 5.89 Å². The molecule has 0 aliphatic carbocycles. The SMILES string of the molecule is COc1ccc(-c2noc(CN3N=N[C@H]4C(=O)N(c5ccc(OC)c(OC)c5)C(=O)[C@@H]43)n2)c(OC)c1. The fraction of sp³-hybridized carbons (Fsp3) is 0.304. The molecule has 0 radical (unpaired) electrons. The maximum absolute atomic E-state index is 13.3. The molecule has 0 bridgehead atoms. The molecule has 2 aliphatic rings. The van der Waals surface area contributed by atoms with E-state index in [1.165, 1.54) is 26.3 Å². The van der Waals surface area contributed by atoms with Gasteiger partial charge in [-0.25, -0.2) is 4.90 Å². The van der Waals surface area contributed by atoms with Crippen molar-refractivity contribution in [3.05, 3.63) is 42.3 Å². The van der Waals surface area contributed by atoms with Crippen molar-refractivity contribution in [3.8, 4) is 34.4 Å². The number of fused-ring (bicyclic) bond motifs is 1. The van der Waals surface area contributed by atoms with Crippen LogP contribution in [0, 0.1) is 0 Å². The predicted molar refractivity (Wildman–Crippen MR) is 123 cm³/mol. The van der Waals surface area contributed by atoms with E-state index in [1.807, 2.05) is 0 Å². The Labute approximate surface area is 205 Å². The van der Waals surface area contributed by atoms with E-state index < -0.39 is 23.9 Å². The van der Waals surface area contributed by atoms with Gasteiger partial charge in [-0.3, -0.25) is 14.6 Å². The number of anilines is 1. The second kappa shape index (κ2) is 9.17. The van der Waals surface area contributed by atoms with E-state index in [0.717, 1.165) is 4.90 Å². The zero-order valence-electron chi connectivity index (χ0n) is 19.9. The van der Waals surface area contributed by atoms with Crippen LogP contribution >= 0.6 is 0 Å². The van der Waals surface area contributed by atoms with Crippen molar-refractivity contribution in [1.29, 1.82) is 0 Å². The highest BCUT2D eigenvalue weighted by Crippen LogP contribution is 2.37. The Hall–Kier alpha value is -4.68. The smallest absolute Gasteiger partial charge is 0.263 e. The summed E-state index contributed by atoms with van der Waals surface area (Å²) in [7, 11) is 6.05. The molecule has 2 amide bonds. The maximum atomic E-state index is 13.3. The van der Waals surface area contributed by atoms with E-state index in [-0.39, 0.29) is 18.3 Å². The van der Waals surface area contributed by atoms with E-state index in [1.54, 1.807) is 43.5 Å². The monoisotopic (exact) mass is 494 g/mol. The van der Waals surface area contributed by atoms with Crippen LogP contribution in [0.3, 0.4) is 0 Å². The second-order valence-electron chi connectivity index (χ2n) is 7.82. The summed E-state index contributed by atoms with van der Waals surface area (Å²) in [5.74, 6) is 1.50. The number of methoxy groups -OCH3 is 4. The van der Waals surface area contributed by atoms with Gasteiger partial charge in [0.15, 0.2) is 23.6 Å². The Bertz CT molecular complexity index is 1360. The van der Waals surface area contributed by atoms with Crippen LogP contribution in [0.15, 0.2) is 51.3 Å². The molecule has 0 unspecified atom stereocenters. The number of imide groups is 1. The lowest BCUT2D eigenvalue weighted by molar-refractivity contribution is -0.123. The molecule has 2 atom stereocenters. The van der Waals surface area contributed by atoms with Gasteiger partial charge in [0.2, 0.25) is 11.7 Å². The summed E-state index contributed by atoms with van der Waals surface area (Å²) in [6.45, 7) is -0.0189. The summed E-state index contributed by atoms with van der Waals surface area (Å²) in [5, 5.41) is 13.4. The molecule has 186 valence electrons. The lowest BCUT2D eigenvalue weighted by Gasteiger charge is -2.20. The molecule has 3 aromatic rings. The Balaban J connectivity index is 1.36. The minimum absolute atomic E-state index is 0.0189. The molecule has 3 heterocycles. The van der Waals surface area contributed by atoms with Crippen molar-refractivity contribution in [1.82, 2.24) is 15.1 Å². The van der Waals surface area contributed by atoms with Crippen LogP contribution in [-0.4, -0.2) is 67.5 Å². The van der Waals surface area contributed by atoms with E-state index in [0.29, 0.717) is 34.2 Å². The minimum atomic E-state index is -0.977. The molecule has 1 fully saturated rings. The average Bonchev–Trinajstić information content (AvgIpc) is 3.61.